The second-order valence-corrected chi connectivity index (χ2v) is 11.5. The zero-order valence-electron chi connectivity index (χ0n) is 22.6. The molecule has 0 amide bonds. The molecule has 0 aromatic heterocycles. The number of nitriles is 1. The number of ketones is 1. The molecule has 0 unspecified atom stereocenters. The van der Waals surface area contributed by atoms with Gasteiger partial charge in [-0.05, 0) is 61.3 Å². The van der Waals surface area contributed by atoms with E-state index in [1.807, 2.05) is 13.8 Å². The first-order valence-electron chi connectivity index (χ1n) is 13.5. The van der Waals surface area contributed by atoms with Crippen molar-refractivity contribution in [2.24, 2.45) is 5.41 Å². The summed E-state index contributed by atoms with van der Waals surface area (Å²) in [4.78, 5) is 13.8. The molecule has 218 valence electrons. The quantitative estimate of drug-likeness (QED) is 0.245. The summed E-state index contributed by atoms with van der Waals surface area (Å²) < 4.78 is 31.5. The van der Waals surface area contributed by atoms with Gasteiger partial charge >= 0.3 is 0 Å². The Balaban J connectivity index is 2.28. The Morgan fingerprint density at radius 2 is 1.90 bits per heavy atom. The SMILES string of the molecule is CCC(CC)(CO)C[C@@H]1N[C@@H](C(=O)CCC[C@H](O)CO)[C@H](c2cccc(Cl)c2F)[C@@]1(C#N)c1ccc(Cl)cc1F. The normalized spacial score (nSPS) is 23.6. The van der Waals surface area contributed by atoms with Crippen LogP contribution in [0.5, 0.6) is 0 Å². The number of carbonyl (C=O) groups is 1. The van der Waals surface area contributed by atoms with Crippen LogP contribution in [0.15, 0.2) is 36.4 Å². The summed E-state index contributed by atoms with van der Waals surface area (Å²) in [5.41, 5.74) is -2.47. The maximum absolute atomic E-state index is 15.7. The van der Waals surface area contributed by atoms with Crippen molar-refractivity contribution in [1.82, 2.24) is 5.32 Å². The van der Waals surface area contributed by atoms with Crippen molar-refractivity contribution in [3.8, 4) is 6.07 Å². The Morgan fingerprint density at radius 3 is 2.48 bits per heavy atom. The standard InChI is InChI=1S/C30H36Cl2F2N2O4/c1-3-29(4-2,17-38)14-25-30(16-35,21-12-11-18(31)13-23(21)33)26(20-8-6-9-22(32)27(20)34)28(36-25)24(40)10-5-7-19(39)15-37/h6,8-9,11-13,19,25-26,28,36-39H,3-5,7,10,14-15,17H2,1-2H3/t19-,25-,26-,28-,30-/m0/s1. The van der Waals surface area contributed by atoms with Crippen molar-refractivity contribution in [1.29, 1.82) is 5.26 Å². The molecule has 40 heavy (non-hydrogen) atoms. The van der Waals surface area contributed by atoms with E-state index in [0.29, 0.717) is 12.8 Å². The number of nitrogens with zero attached hydrogens (tertiary/aromatic N) is 1. The number of aliphatic hydroxyl groups is 3. The molecule has 1 fully saturated rings. The average molecular weight is 598 g/mol. The van der Waals surface area contributed by atoms with E-state index in [1.165, 1.54) is 30.3 Å². The maximum Gasteiger partial charge on any atom is 0.150 e. The largest absolute Gasteiger partial charge is 0.396 e. The Labute approximate surface area is 243 Å². The van der Waals surface area contributed by atoms with E-state index >= 15 is 8.78 Å². The van der Waals surface area contributed by atoms with Crippen LogP contribution < -0.4 is 5.32 Å². The predicted octanol–water partition coefficient (Wildman–Crippen LogP) is 5.44. The average Bonchev–Trinajstić information content (AvgIpc) is 3.27. The number of aliphatic hydroxyl groups excluding tert-OH is 3. The molecule has 5 atom stereocenters. The molecule has 1 aliphatic heterocycles. The first-order chi connectivity index (χ1) is 19.0. The Morgan fingerprint density at radius 1 is 1.20 bits per heavy atom. The van der Waals surface area contributed by atoms with Crippen LogP contribution in [0, 0.1) is 28.4 Å². The highest BCUT2D eigenvalue weighted by molar-refractivity contribution is 6.31. The second kappa shape index (κ2) is 13.7. The van der Waals surface area contributed by atoms with E-state index in [1.54, 1.807) is 0 Å². The lowest BCUT2D eigenvalue weighted by Crippen LogP contribution is -2.46. The molecule has 2 aromatic carbocycles. The number of carbonyl (C=O) groups excluding carboxylic acids is 1. The third-order valence-electron chi connectivity index (χ3n) is 8.62. The fourth-order valence-corrected chi connectivity index (χ4v) is 6.36. The molecule has 6 nitrogen and oxygen atoms in total. The van der Waals surface area contributed by atoms with Gasteiger partial charge in [-0.15, -0.1) is 0 Å². The molecule has 0 radical (unpaired) electrons. The fraction of sp³-hybridized carbons (Fsp3) is 0.533. The van der Waals surface area contributed by atoms with E-state index in [0.717, 1.165) is 6.07 Å². The van der Waals surface area contributed by atoms with Crippen molar-refractivity contribution < 1.29 is 28.9 Å². The van der Waals surface area contributed by atoms with Gasteiger partial charge in [0, 0.05) is 35.6 Å². The van der Waals surface area contributed by atoms with E-state index in [2.05, 4.69) is 11.4 Å². The van der Waals surface area contributed by atoms with Crippen LogP contribution in [0.4, 0.5) is 8.78 Å². The molecule has 4 N–H and O–H groups in total. The second-order valence-electron chi connectivity index (χ2n) is 10.7. The summed E-state index contributed by atoms with van der Waals surface area (Å²) in [5.74, 6) is -3.11. The summed E-state index contributed by atoms with van der Waals surface area (Å²) >= 11 is 12.2. The Hall–Kier alpha value is -2.12. The number of hydrogen-bond acceptors (Lipinski definition) is 6. The summed E-state index contributed by atoms with van der Waals surface area (Å²) in [6.07, 6.45) is 0.706. The first kappa shape index (κ1) is 32.4. The van der Waals surface area contributed by atoms with Crippen molar-refractivity contribution >= 4 is 29.0 Å². The summed E-state index contributed by atoms with van der Waals surface area (Å²) in [5, 5.41) is 43.4. The summed E-state index contributed by atoms with van der Waals surface area (Å²) in [7, 11) is 0. The van der Waals surface area contributed by atoms with Crippen LogP contribution in [0.1, 0.15) is 69.4 Å². The highest BCUT2D eigenvalue weighted by Crippen LogP contribution is 2.53. The van der Waals surface area contributed by atoms with Crippen LogP contribution in [0.25, 0.3) is 0 Å². The molecular weight excluding hydrogens is 561 g/mol. The minimum atomic E-state index is -1.78. The van der Waals surface area contributed by atoms with Crippen molar-refractivity contribution in [2.45, 2.75) is 81.9 Å². The van der Waals surface area contributed by atoms with E-state index in [9.17, 15) is 20.3 Å². The van der Waals surface area contributed by atoms with Crippen LogP contribution in [-0.4, -0.2) is 52.5 Å². The van der Waals surface area contributed by atoms with Crippen molar-refractivity contribution in [2.75, 3.05) is 13.2 Å². The molecule has 1 heterocycles. The van der Waals surface area contributed by atoms with Crippen molar-refractivity contribution in [3.05, 3.63) is 69.2 Å². The third kappa shape index (κ3) is 6.20. The number of benzene rings is 2. The number of hydrogen-bond donors (Lipinski definition) is 4. The molecule has 10 heteroatoms. The van der Waals surface area contributed by atoms with Gasteiger partial charge in [-0.1, -0.05) is 55.2 Å². The monoisotopic (exact) mass is 596 g/mol. The van der Waals surface area contributed by atoms with Gasteiger partial charge in [-0.2, -0.15) is 5.26 Å². The minimum Gasteiger partial charge on any atom is -0.396 e. The minimum absolute atomic E-state index is 0.00487. The van der Waals surface area contributed by atoms with E-state index in [4.69, 9.17) is 28.3 Å². The van der Waals surface area contributed by atoms with Gasteiger partial charge in [0.25, 0.3) is 0 Å². The number of Topliss-reactive ketones (excluding diaryl/α,β-unsaturated/α-hetero) is 1. The zero-order chi connectivity index (χ0) is 29.7. The van der Waals surface area contributed by atoms with Crippen LogP contribution >= 0.6 is 23.2 Å². The molecule has 1 saturated heterocycles. The number of nitrogens with one attached hydrogen (secondary N) is 1. The highest BCUT2D eigenvalue weighted by atomic mass is 35.5. The van der Waals surface area contributed by atoms with Gasteiger partial charge in [0.15, 0.2) is 0 Å². The first-order valence-corrected chi connectivity index (χ1v) is 14.3. The van der Waals surface area contributed by atoms with Gasteiger partial charge in [-0.25, -0.2) is 8.78 Å². The van der Waals surface area contributed by atoms with Crippen molar-refractivity contribution in [3.63, 3.8) is 0 Å². The Bertz CT molecular complexity index is 1230. The molecule has 0 spiro atoms. The predicted molar refractivity (Wildman–Crippen MR) is 150 cm³/mol. The van der Waals surface area contributed by atoms with Gasteiger partial charge in [0.2, 0.25) is 0 Å². The number of rotatable bonds is 13. The molecule has 1 aliphatic rings. The molecule has 0 bridgehead atoms. The lowest BCUT2D eigenvalue weighted by atomic mass is 9.61. The lowest BCUT2D eigenvalue weighted by Gasteiger charge is -2.40. The molecule has 2 aromatic rings. The highest BCUT2D eigenvalue weighted by Gasteiger charge is 2.61. The van der Waals surface area contributed by atoms with Crippen LogP contribution in [0.3, 0.4) is 0 Å². The topological polar surface area (TPSA) is 114 Å². The van der Waals surface area contributed by atoms with Gasteiger partial charge in [0.1, 0.15) is 22.8 Å². The molecule has 0 saturated carbocycles. The smallest absolute Gasteiger partial charge is 0.150 e. The van der Waals surface area contributed by atoms with Crippen LogP contribution in [-0.2, 0) is 10.2 Å². The fourth-order valence-electron chi connectivity index (χ4n) is 6.01. The maximum atomic E-state index is 15.7. The Kier molecular flexibility index (Phi) is 11.1. The van der Waals surface area contributed by atoms with E-state index < -0.39 is 53.2 Å². The van der Waals surface area contributed by atoms with Gasteiger partial charge in [0.05, 0.1) is 29.8 Å². The number of halogens is 4. The molecule has 3 rings (SSSR count). The van der Waals surface area contributed by atoms with Gasteiger partial charge in [-0.3, -0.25) is 4.79 Å². The summed E-state index contributed by atoms with van der Waals surface area (Å²) in [6, 6.07) is 8.59. The lowest BCUT2D eigenvalue weighted by molar-refractivity contribution is -0.121. The molecule has 0 aliphatic carbocycles. The molecular formula is C30H36Cl2F2N2O4. The zero-order valence-corrected chi connectivity index (χ0v) is 24.2. The summed E-state index contributed by atoms with van der Waals surface area (Å²) in [6.45, 7) is 3.18. The van der Waals surface area contributed by atoms with Gasteiger partial charge < -0.3 is 20.6 Å². The van der Waals surface area contributed by atoms with E-state index in [-0.39, 0.29) is 59.2 Å². The van der Waals surface area contributed by atoms with Crippen LogP contribution in [0.2, 0.25) is 10.0 Å². The third-order valence-corrected chi connectivity index (χ3v) is 9.15.